The van der Waals surface area contributed by atoms with E-state index in [0.29, 0.717) is 12.6 Å². The zero-order chi connectivity index (χ0) is 15.6. The van der Waals surface area contributed by atoms with Gasteiger partial charge in [-0.2, -0.15) is 0 Å². The number of nitrogens with zero attached hydrogens (tertiary/aromatic N) is 2. The lowest BCUT2D eigenvalue weighted by Crippen LogP contribution is -2.18. The maximum Gasteiger partial charge on any atom is 0.338 e. The molecule has 6 nitrogen and oxygen atoms in total. The molecule has 2 aromatic rings. The molecule has 110 valence electrons. The summed E-state index contributed by atoms with van der Waals surface area (Å²) in [6.07, 6.45) is 0. The number of hydrogen-bond donors (Lipinski definition) is 1. The van der Waals surface area contributed by atoms with E-state index in [1.807, 2.05) is 17.5 Å². The molecule has 0 aliphatic carbocycles. The molecule has 1 aromatic carbocycles. The van der Waals surface area contributed by atoms with Gasteiger partial charge in [0, 0.05) is 11.9 Å². The highest BCUT2D eigenvalue weighted by atomic mass is 32.1. The standard InChI is InChI=1S/C13H11FN2O4S/c1-15(7-8-3-2-4-21-8)11-5-9(13(17)18)10(14)6-12(11)16(19)20/h2-6H,7H2,1H3,(H,17,18). The van der Waals surface area contributed by atoms with Gasteiger partial charge in [0.25, 0.3) is 5.69 Å². The van der Waals surface area contributed by atoms with Gasteiger partial charge in [-0.05, 0) is 17.5 Å². The molecular formula is C13H11FN2O4S. The van der Waals surface area contributed by atoms with Gasteiger partial charge in [-0.3, -0.25) is 10.1 Å². The average Bonchev–Trinajstić information content (AvgIpc) is 2.90. The predicted octanol–water partition coefficient (Wildman–Crippen LogP) is 3.13. The molecule has 1 N–H and O–H groups in total. The van der Waals surface area contributed by atoms with Gasteiger partial charge in [-0.25, -0.2) is 9.18 Å². The fraction of sp³-hybridized carbons (Fsp3) is 0.154. The monoisotopic (exact) mass is 310 g/mol. The molecule has 21 heavy (non-hydrogen) atoms. The molecular weight excluding hydrogens is 299 g/mol. The second kappa shape index (κ2) is 5.88. The first-order chi connectivity index (χ1) is 9.90. The van der Waals surface area contributed by atoms with E-state index in [0.717, 1.165) is 10.9 Å². The maximum absolute atomic E-state index is 13.6. The Morgan fingerprint density at radius 3 is 2.76 bits per heavy atom. The van der Waals surface area contributed by atoms with Crippen molar-refractivity contribution in [2.24, 2.45) is 0 Å². The zero-order valence-corrected chi connectivity index (χ0v) is 11.8. The van der Waals surface area contributed by atoms with Gasteiger partial charge in [0.1, 0.15) is 11.5 Å². The van der Waals surface area contributed by atoms with Crippen molar-refractivity contribution in [3.63, 3.8) is 0 Å². The molecule has 0 unspecified atom stereocenters. The number of benzene rings is 1. The summed E-state index contributed by atoms with van der Waals surface area (Å²) in [6, 6.07) is 5.33. The second-order valence-electron chi connectivity index (χ2n) is 4.32. The molecule has 0 fully saturated rings. The Bertz CT molecular complexity index is 688. The van der Waals surface area contributed by atoms with Gasteiger partial charge in [0.2, 0.25) is 0 Å². The highest BCUT2D eigenvalue weighted by Crippen LogP contribution is 2.31. The molecule has 0 aliphatic rings. The molecule has 0 saturated carbocycles. The van der Waals surface area contributed by atoms with Crippen molar-refractivity contribution < 1.29 is 19.2 Å². The molecule has 0 saturated heterocycles. The van der Waals surface area contributed by atoms with Crippen LogP contribution in [0.25, 0.3) is 0 Å². The first-order valence-corrected chi connectivity index (χ1v) is 6.73. The van der Waals surface area contributed by atoms with Gasteiger partial charge >= 0.3 is 5.97 Å². The van der Waals surface area contributed by atoms with Crippen LogP contribution in [0, 0.1) is 15.9 Å². The van der Waals surface area contributed by atoms with E-state index in [-0.39, 0.29) is 5.69 Å². The Balaban J connectivity index is 2.46. The van der Waals surface area contributed by atoms with E-state index >= 15 is 0 Å². The summed E-state index contributed by atoms with van der Waals surface area (Å²) in [6.45, 7) is 0.364. The van der Waals surface area contributed by atoms with Crippen LogP contribution in [-0.4, -0.2) is 23.0 Å². The minimum atomic E-state index is -1.46. The summed E-state index contributed by atoms with van der Waals surface area (Å²) in [5.41, 5.74) is -0.989. The highest BCUT2D eigenvalue weighted by Gasteiger charge is 2.24. The van der Waals surface area contributed by atoms with Crippen LogP contribution in [-0.2, 0) is 6.54 Å². The predicted molar refractivity (Wildman–Crippen MR) is 76.4 cm³/mol. The summed E-state index contributed by atoms with van der Waals surface area (Å²) >= 11 is 1.47. The van der Waals surface area contributed by atoms with Crippen LogP contribution in [0.15, 0.2) is 29.6 Å². The van der Waals surface area contributed by atoms with Crippen LogP contribution >= 0.6 is 11.3 Å². The number of nitro groups is 1. The first kappa shape index (κ1) is 14.9. The minimum absolute atomic E-state index is 0.0622. The van der Waals surface area contributed by atoms with Crippen molar-refractivity contribution >= 4 is 28.7 Å². The zero-order valence-electron chi connectivity index (χ0n) is 10.9. The molecule has 8 heteroatoms. The van der Waals surface area contributed by atoms with Crippen molar-refractivity contribution in [3.05, 3.63) is 56.0 Å². The third-order valence-corrected chi connectivity index (χ3v) is 3.74. The molecule has 0 bridgehead atoms. The number of halogens is 1. The Hall–Kier alpha value is -2.48. The lowest BCUT2D eigenvalue weighted by Gasteiger charge is -2.19. The van der Waals surface area contributed by atoms with Crippen molar-refractivity contribution in [2.75, 3.05) is 11.9 Å². The number of aromatic carboxylic acids is 1. The molecule has 0 atom stereocenters. The number of carboxylic acids is 1. The molecule has 1 heterocycles. The third-order valence-electron chi connectivity index (χ3n) is 2.88. The lowest BCUT2D eigenvalue weighted by molar-refractivity contribution is -0.384. The summed E-state index contributed by atoms with van der Waals surface area (Å²) in [4.78, 5) is 23.7. The van der Waals surface area contributed by atoms with Gasteiger partial charge in [0.15, 0.2) is 0 Å². The summed E-state index contributed by atoms with van der Waals surface area (Å²) in [7, 11) is 1.59. The number of hydrogen-bond acceptors (Lipinski definition) is 5. The highest BCUT2D eigenvalue weighted by molar-refractivity contribution is 7.09. The number of thiophene rings is 1. The van der Waals surface area contributed by atoms with Crippen molar-refractivity contribution in [1.82, 2.24) is 0 Å². The van der Waals surface area contributed by atoms with Gasteiger partial charge < -0.3 is 10.0 Å². The SMILES string of the molecule is CN(Cc1cccs1)c1cc(C(=O)O)c(F)cc1[N+](=O)[O-]. The number of carboxylic acid groups (broad SMARTS) is 1. The number of carbonyl (C=O) groups is 1. The third kappa shape index (κ3) is 3.16. The van der Waals surface area contributed by atoms with Crippen LogP contribution in [0.1, 0.15) is 15.2 Å². The van der Waals surface area contributed by atoms with E-state index < -0.39 is 28.0 Å². The molecule has 0 radical (unpaired) electrons. The van der Waals surface area contributed by atoms with E-state index in [2.05, 4.69) is 0 Å². The van der Waals surface area contributed by atoms with Crippen molar-refractivity contribution in [2.45, 2.75) is 6.54 Å². The van der Waals surface area contributed by atoms with Gasteiger partial charge in [-0.1, -0.05) is 6.07 Å². The number of nitro benzene ring substituents is 1. The summed E-state index contributed by atoms with van der Waals surface area (Å²) in [5.74, 6) is -2.59. The van der Waals surface area contributed by atoms with Crippen LogP contribution < -0.4 is 4.90 Å². The molecule has 0 aliphatic heterocycles. The Labute approximate surface area is 123 Å². The Kier molecular flexibility index (Phi) is 4.18. The van der Waals surface area contributed by atoms with E-state index in [4.69, 9.17) is 5.11 Å². The summed E-state index contributed by atoms with van der Waals surface area (Å²) in [5, 5.41) is 21.8. The van der Waals surface area contributed by atoms with Crippen LogP contribution in [0.4, 0.5) is 15.8 Å². The first-order valence-electron chi connectivity index (χ1n) is 5.85. The maximum atomic E-state index is 13.6. The molecule has 0 spiro atoms. The number of rotatable bonds is 5. The fourth-order valence-corrected chi connectivity index (χ4v) is 2.65. The quantitative estimate of drug-likeness (QED) is 0.677. The van der Waals surface area contributed by atoms with E-state index in [9.17, 15) is 19.3 Å². The van der Waals surface area contributed by atoms with Gasteiger partial charge in [0.05, 0.1) is 23.1 Å². The fourth-order valence-electron chi connectivity index (χ4n) is 1.89. The van der Waals surface area contributed by atoms with Crippen molar-refractivity contribution in [3.8, 4) is 0 Å². The number of anilines is 1. The van der Waals surface area contributed by atoms with Crippen LogP contribution in [0.2, 0.25) is 0 Å². The average molecular weight is 310 g/mol. The lowest BCUT2D eigenvalue weighted by atomic mass is 10.1. The minimum Gasteiger partial charge on any atom is -0.478 e. The molecule has 2 rings (SSSR count). The topological polar surface area (TPSA) is 83.7 Å². The molecule has 0 amide bonds. The Morgan fingerprint density at radius 2 is 2.24 bits per heavy atom. The van der Waals surface area contributed by atoms with Crippen molar-refractivity contribution in [1.29, 1.82) is 0 Å². The van der Waals surface area contributed by atoms with Crippen LogP contribution in [0.3, 0.4) is 0 Å². The normalized spacial score (nSPS) is 10.4. The largest absolute Gasteiger partial charge is 0.478 e. The van der Waals surface area contributed by atoms with Gasteiger partial charge in [-0.15, -0.1) is 11.3 Å². The van der Waals surface area contributed by atoms with E-state index in [1.54, 1.807) is 7.05 Å². The molecule has 1 aromatic heterocycles. The smallest absolute Gasteiger partial charge is 0.338 e. The van der Waals surface area contributed by atoms with Crippen LogP contribution in [0.5, 0.6) is 0 Å². The van der Waals surface area contributed by atoms with E-state index in [1.165, 1.54) is 16.2 Å². The second-order valence-corrected chi connectivity index (χ2v) is 5.35. The summed E-state index contributed by atoms with van der Waals surface area (Å²) < 4.78 is 13.6. The Morgan fingerprint density at radius 1 is 1.52 bits per heavy atom.